The SMILES string of the molecule is O=C(OCCOCCl)c1c#cccc1. The van der Waals surface area contributed by atoms with Gasteiger partial charge in [-0.05, 0) is 12.1 Å². The zero-order chi connectivity index (χ0) is 10.2. The molecule has 0 radical (unpaired) electrons. The van der Waals surface area contributed by atoms with Crippen LogP contribution in [0.2, 0.25) is 0 Å². The van der Waals surface area contributed by atoms with Gasteiger partial charge >= 0.3 is 5.97 Å². The molecule has 1 aromatic carbocycles. The Bertz CT molecular complexity index is 274. The lowest BCUT2D eigenvalue weighted by atomic mass is 10.3. The number of esters is 1. The van der Waals surface area contributed by atoms with E-state index < -0.39 is 5.97 Å². The van der Waals surface area contributed by atoms with Crippen molar-refractivity contribution in [1.29, 1.82) is 0 Å². The molecular formula is C10H9ClO3. The maximum Gasteiger partial charge on any atom is 0.346 e. The Morgan fingerprint density at radius 2 is 2.36 bits per heavy atom. The number of halogens is 1. The molecule has 0 spiro atoms. The molecule has 0 bridgehead atoms. The molecule has 0 atom stereocenters. The summed E-state index contributed by atoms with van der Waals surface area (Å²) < 4.78 is 9.65. The predicted octanol–water partition coefficient (Wildman–Crippen LogP) is 1.66. The molecule has 1 aromatic rings. The smallest absolute Gasteiger partial charge is 0.346 e. The average molecular weight is 213 g/mol. The maximum atomic E-state index is 11.2. The number of carbonyl (C=O) groups is 1. The van der Waals surface area contributed by atoms with Crippen molar-refractivity contribution < 1.29 is 14.3 Å². The molecule has 1 rings (SSSR count). The zero-order valence-corrected chi connectivity index (χ0v) is 8.21. The molecular weight excluding hydrogens is 204 g/mol. The molecule has 0 fully saturated rings. The van der Waals surface area contributed by atoms with Crippen LogP contribution in [0.25, 0.3) is 0 Å². The highest BCUT2D eigenvalue weighted by molar-refractivity contribution is 6.17. The number of hydrogen-bond acceptors (Lipinski definition) is 3. The first-order chi connectivity index (χ1) is 6.84. The highest BCUT2D eigenvalue weighted by Crippen LogP contribution is 1.96. The van der Waals surface area contributed by atoms with Gasteiger partial charge in [0.1, 0.15) is 18.2 Å². The van der Waals surface area contributed by atoms with Crippen LogP contribution in [0, 0.1) is 12.1 Å². The molecule has 0 amide bonds. The van der Waals surface area contributed by atoms with Crippen LogP contribution < -0.4 is 0 Å². The third kappa shape index (κ3) is 3.65. The van der Waals surface area contributed by atoms with Gasteiger partial charge in [-0.15, -0.1) is 0 Å². The van der Waals surface area contributed by atoms with Crippen molar-refractivity contribution >= 4 is 17.6 Å². The van der Waals surface area contributed by atoms with E-state index in [-0.39, 0.29) is 12.7 Å². The van der Waals surface area contributed by atoms with Gasteiger partial charge in [-0.3, -0.25) is 0 Å². The van der Waals surface area contributed by atoms with Crippen molar-refractivity contribution in [3.63, 3.8) is 0 Å². The molecule has 3 nitrogen and oxygen atoms in total. The summed E-state index contributed by atoms with van der Waals surface area (Å²) in [5.41, 5.74) is 0.360. The van der Waals surface area contributed by atoms with Crippen LogP contribution in [0.15, 0.2) is 18.2 Å². The van der Waals surface area contributed by atoms with Crippen molar-refractivity contribution in [1.82, 2.24) is 0 Å². The summed E-state index contributed by atoms with van der Waals surface area (Å²) in [6, 6.07) is 10.4. The molecule has 0 aliphatic heterocycles. The van der Waals surface area contributed by atoms with Crippen molar-refractivity contribution in [3.05, 3.63) is 35.9 Å². The molecule has 0 N–H and O–H groups in total. The minimum absolute atomic E-state index is 0.1000. The summed E-state index contributed by atoms with van der Waals surface area (Å²) in [4.78, 5) is 11.2. The third-order valence-electron chi connectivity index (χ3n) is 1.41. The summed E-state index contributed by atoms with van der Waals surface area (Å²) in [6.45, 7) is 0.486. The lowest BCUT2D eigenvalue weighted by Crippen LogP contribution is -2.10. The first-order valence-corrected chi connectivity index (χ1v) is 4.57. The average Bonchev–Trinajstić information content (AvgIpc) is 2.25. The Labute approximate surface area is 87.6 Å². The molecule has 0 aliphatic carbocycles. The van der Waals surface area contributed by atoms with Gasteiger partial charge in [-0.2, -0.15) is 0 Å². The van der Waals surface area contributed by atoms with Gasteiger partial charge in [0.05, 0.1) is 6.61 Å². The molecule has 74 valence electrons. The van der Waals surface area contributed by atoms with E-state index in [0.717, 1.165) is 0 Å². The van der Waals surface area contributed by atoms with Gasteiger partial charge in [0.15, 0.2) is 0 Å². The maximum absolute atomic E-state index is 11.2. The molecule has 4 heteroatoms. The number of ether oxygens (including phenoxy) is 2. The Hall–Kier alpha value is -1.24. The zero-order valence-electron chi connectivity index (χ0n) is 7.46. The van der Waals surface area contributed by atoms with E-state index >= 15 is 0 Å². The second kappa shape index (κ2) is 6.25. The molecule has 0 aliphatic rings. The van der Waals surface area contributed by atoms with E-state index in [9.17, 15) is 4.79 Å². The minimum atomic E-state index is -0.431. The standard InChI is InChI=1S/C10H9ClO3/c11-8-13-6-7-14-10(12)9-4-2-1-3-5-9/h1-2,4H,6-8H2. The highest BCUT2D eigenvalue weighted by Gasteiger charge is 2.04. The number of alkyl halides is 1. The van der Waals surface area contributed by atoms with Crippen LogP contribution in [-0.2, 0) is 9.47 Å². The number of hydrogen-bond donors (Lipinski definition) is 0. The summed E-state index contributed by atoms with van der Waals surface area (Å²) >= 11 is 5.26. The Morgan fingerprint density at radius 1 is 1.50 bits per heavy atom. The van der Waals surface area contributed by atoms with E-state index in [4.69, 9.17) is 21.1 Å². The first-order valence-electron chi connectivity index (χ1n) is 4.04. The monoisotopic (exact) mass is 212 g/mol. The fourth-order valence-corrected chi connectivity index (χ4v) is 0.907. The molecule has 0 aromatic heterocycles. The summed E-state index contributed by atoms with van der Waals surface area (Å²) in [7, 11) is 0. The van der Waals surface area contributed by atoms with Crippen LogP contribution in [0.4, 0.5) is 0 Å². The Morgan fingerprint density at radius 3 is 3.00 bits per heavy atom. The van der Waals surface area contributed by atoms with E-state index in [2.05, 4.69) is 12.1 Å². The second-order valence-corrected chi connectivity index (χ2v) is 2.58. The van der Waals surface area contributed by atoms with Crippen LogP contribution in [-0.4, -0.2) is 25.2 Å². The van der Waals surface area contributed by atoms with Gasteiger partial charge < -0.3 is 9.47 Å². The largest absolute Gasteiger partial charge is 0.459 e. The normalized spacial score (nSPS) is 9.21. The van der Waals surface area contributed by atoms with Crippen molar-refractivity contribution in [2.24, 2.45) is 0 Å². The third-order valence-corrected chi connectivity index (χ3v) is 1.56. The molecule has 0 saturated carbocycles. The van der Waals surface area contributed by atoms with Crippen molar-refractivity contribution in [2.75, 3.05) is 19.3 Å². The Kier molecular flexibility index (Phi) is 4.84. The van der Waals surface area contributed by atoms with Gasteiger partial charge in [-0.1, -0.05) is 29.8 Å². The molecule has 0 heterocycles. The van der Waals surface area contributed by atoms with E-state index in [0.29, 0.717) is 12.2 Å². The van der Waals surface area contributed by atoms with Gasteiger partial charge in [0.25, 0.3) is 0 Å². The van der Waals surface area contributed by atoms with Crippen LogP contribution >= 0.6 is 11.6 Å². The van der Waals surface area contributed by atoms with E-state index in [1.807, 2.05) is 0 Å². The first kappa shape index (κ1) is 10.8. The summed E-state index contributed by atoms with van der Waals surface area (Å²) in [5, 5.41) is 0. The predicted molar refractivity (Wildman–Crippen MR) is 51.1 cm³/mol. The van der Waals surface area contributed by atoms with Crippen LogP contribution in [0.3, 0.4) is 0 Å². The lowest BCUT2D eigenvalue weighted by molar-refractivity contribution is 0.0371. The quantitative estimate of drug-likeness (QED) is 0.423. The highest BCUT2D eigenvalue weighted by atomic mass is 35.5. The molecule has 0 unspecified atom stereocenters. The van der Waals surface area contributed by atoms with Gasteiger partial charge in [-0.25, -0.2) is 4.79 Å². The van der Waals surface area contributed by atoms with E-state index in [1.54, 1.807) is 18.2 Å². The Balaban J connectivity index is 2.29. The lowest BCUT2D eigenvalue weighted by Gasteiger charge is -2.02. The van der Waals surface area contributed by atoms with Gasteiger partial charge in [0, 0.05) is 0 Å². The van der Waals surface area contributed by atoms with Crippen molar-refractivity contribution in [2.45, 2.75) is 0 Å². The number of carbonyl (C=O) groups excluding carboxylic acids is 1. The van der Waals surface area contributed by atoms with Crippen LogP contribution in [0.5, 0.6) is 0 Å². The van der Waals surface area contributed by atoms with Crippen molar-refractivity contribution in [3.8, 4) is 0 Å². The minimum Gasteiger partial charge on any atom is -0.459 e. The molecule has 14 heavy (non-hydrogen) atoms. The molecule has 0 saturated heterocycles. The second-order valence-electron chi connectivity index (χ2n) is 2.36. The van der Waals surface area contributed by atoms with E-state index in [1.165, 1.54) is 0 Å². The topological polar surface area (TPSA) is 35.5 Å². The fourth-order valence-electron chi connectivity index (χ4n) is 0.798. The van der Waals surface area contributed by atoms with Crippen LogP contribution in [0.1, 0.15) is 10.4 Å². The fraction of sp³-hybridized carbons (Fsp3) is 0.300. The number of rotatable bonds is 5. The summed E-state index contributed by atoms with van der Waals surface area (Å²) in [6.07, 6.45) is 0. The summed E-state index contributed by atoms with van der Waals surface area (Å²) in [5.74, 6) is -0.431. The van der Waals surface area contributed by atoms with Gasteiger partial charge in [0.2, 0.25) is 0 Å².